The Balaban J connectivity index is 2.01. The molecule has 2 rings (SSSR count). The van der Waals surface area contributed by atoms with E-state index in [0.29, 0.717) is 31.9 Å². The van der Waals surface area contributed by atoms with Gasteiger partial charge in [-0.1, -0.05) is 6.07 Å². The summed E-state index contributed by atoms with van der Waals surface area (Å²) in [7, 11) is 3.44. The molecule has 0 spiro atoms. The highest BCUT2D eigenvalue weighted by Gasteiger charge is 2.31. The van der Waals surface area contributed by atoms with Crippen LogP contribution in [-0.2, 0) is 11.0 Å². The van der Waals surface area contributed by atoms with Gasteiger partial charge in [0.15, 0.2) is 0 Å². The lowest BCUT2D eigenvalue weighted by Gasteiger charge is -2.39. The molecule has 1 aromatic carbocycles. The second-order valence-corrected chi connectivity index (χ2v) is 5.98. The molecule has 1 saturated heterocycles. The van der Waals surface area contributed by atoms with Crippen LogP contribution in [0, 0.1) is 0 Å². The third-order valence-electron chi connectivity index (χ3n) is 4.20. The lowest BCUT2D eigenvalue weighted by atomic mass is 10.1. The second kappa shape index (κ2) is 6.78. The zero-order valence-electron chi connectivity index (χ0n) is 13.6. The molecule has 7 heteroatoms. The fourth-order valence-electron chi connectivity index (χ4n) is 2.78. The third-order valence-corrected chi connectivity index (χ3v) is 4.20. The van der Waals surface area contributed by atoms with Crippen molar-refractivity contribution >= 4 is 11.6 Å². The minimum absolute atomic E-state index is 0.0394. The topological polar surface area (TPSA) is 26.8 Å². The van der Waals surface area contributed by atoms with Crippen LogP contribution in [0.1, 0.15) is 12.5 Å². The van der Waals surface area contributed by atoms with Crippen LogP contribution in [0.25, 0.3) is 0 Å². The van der Waals surface area contributed by atoms with Crippen molar-refractivity contribution in [1.29, 1.82) is 0 Å². The number of alkyl halides is 3. The van der Waals surface area contributed by atoms with E-state index in [1.807, 2.05) is 11.8 Å². The van der Waals surface area contributed by atoms with Gasteiger partial charge < -0.3 is 9.80 Å². The summed E-state index contributed by atoms with van der Waals surface area (Å²) in [4.78, 5) is 17.5. The van der Waals surface area contributed by atoms with Crippen LogP contribution in [0.4, 0.5) is 18.9 Å². The van der Waals surface area contributed by atoms with Crippen molar-refractivity contribution in [1.82, 2.24) is 9.80 Å². The first kappa shape index (κ1) is 17.6. The maximum Gasteiger partial charge on any atom is 0.416 e. The van der Waals surface area contributed by atoms with Crippen molar-refractivity contribution in [3.8, 4) is 0 Å². The van der Waals surface area contributed by atoms with Gasteiger partial charge >= 0.3 is 6.18 Å². The Bertz CT molecular complexity index is 552. The maximum atomic E-state index is 12.8. The number of carbonyl (C=O) groups is 1. The van der Waals surface area contributed by atoms with Gasteiger partial charge in [0, 0.05) is 46.0 Å². The Morgan fingerprint density at radius 1 is 1.17 bits per heavy atom. The fourth-order valence-corrected chi connectivity index (χ4v) is 2.78. The highest BCUT2D eigenvalue weighted by molar-refractivity contribution is 5.81. The van der Waals surface area contributed by atoms with Crippen molar-refractivity contribution in [2.45, 2.75) is 19.1 Å². The van der Waals surface area contributed by atoms with Crippen LogP contribution in [0.2, 0.25) is 0 Å². The van der Waals surface area contributed by atoms with E-state index in [-0.39, 0.29) is 11.9 Å². The molecule has 1 fully saturated rings. The minimum Gasteiger partial charge on any atom is -0.369 e. The van der Waals surface area contributed by atoms with E-state index >= 15 is 0 Å². The number of hydrogen-bond donors (Lipinski definition) is 0. The number of likely N-dealkylation sites (N-methyl/N-ethyl adjacent to an activating group) is 1. The summed E-state index contributed by atoms with van der Waals surface area (Å²) in [6.45, 7) is 4.37. The van der Waals surface area contributed by atoms with E-state index in [4.69, 9.17) is 0 Å². The highest BCUT2D eigenvalue weighted by Crippen LogP contribution is 2.31. The number of hydrogen-bond acceptors (Lipinski definition) is 3. The quantitative estimate of drug-likeness (QED) is 0.851. The lowest BCUT2D eigenvalue weighted by molar-refractivity contribution is -0.137. The number of benzene rings is 1. The zero-order chi connectivity index (χ0) is 17.2. The van der Waals surface area contributed by atoms with Gasteiger partial charge in [0.2, 0.25) is 5.91 Å². The molecule has 1 heterocycles. The smallest absolute Gasteiger partial charge is 0.369 e. The Hall–Kier alpha value is -1.76. The average Bonchev–Trinajstić information content (AvgIpc) is 2.53. The summed E-state index contributed by atoms with van der Waals surface area (Å²) < 4.78 is 38.4. The minimum atomic E-state index is -4.33. The predicted molar refractivity (Wildman–Crippen MR) is 83.4 cm³/mol. The standard InChI is InChI=1S/C16H22F3N3O/c1-12(15(23)20(2)3)21-7-9-22(10-8-21)14-6-4-5-13(11-14)16(17,18)19/h4-6,11-12H,7-10H2,1-3H3. The van der Waals surface area contributed by atoms with Crippen LogP contribution in [-0.4, -0.2) is 62.0 Å². The molecule has 0 radical (unpaired) electrons. The molecule has 0 bridgehead atoms. The molecule has 4 nitrogen and oxygen atoms in total. The largest absolute Gasteiger partial charge is 0.416 e. The second-order valence-electron chi connectivity index (χ2n) is 5.98. The van der Waals surface area contributed by atoms with E-state index in [9.17, 15) is 18.0 Å². The van der Waals surface area contributed by atoms with Crippen molar-refractivity contribution in [2.24, 2.45) is 0 Å². The molecule has 0 aliphatic carbocycles. The molecule has 1 unspecified atom stereocenters. The molecular weight excluding hydrogens is 307 g/mol. The third kappa shape index (κ3) is 4.16. The Morgan fingerprint density at radius 3 is 2.30 bits per heavy atom. The van der Waals surface area contributed by atoms with Gasteiger partial charge in [-0.15, -0.1) is 0 Å². The van der Waals surface area contributed by atoms with Crippen LogP contribution in [0.15, 0.2) is 24.3 Å². The number of amides is 1. The molecule has 1 aromatic rings. The Morgan fingerprint density at radius 2 is 1.78 bits per heavy atom. The van der Waals surface area contributed by atoms with Gasteiger partial charge in [0.25, 0.3) is 0 Å². The summed E-state index contributed by atoms with van der Waals surface area (Å²) in [5.41, 5.74) is -0.0559. The first-order valence-corrected chi connectivity index (χ1v) is 7.57. The van der Waals surface area contributed by atoms with Crippen molar-refractivity contribution < 1.29 is 18.0 Å². The predicted octanol–water partition coefficient (Wildman–Crippen LogP) is 2.30. The molecule has 1 aliphatic heterocycles. The summed E-state index contributed by atoms with van der Waals surface area (Å²) >= 11 is 0. The summed E-state index contributed by atoms with van der Waals surface area (Å²) in [5.74, 6) is 0.0394. The molecule has 128 valence electrons. The zero-order valence-corrected chi connectivity index (χ0v) is 13.6. The number of carbonyl (C=O) groups excluding carboxylic acids is 1. The van der Waals surface area contributed by atoms with Crippen molar-refractivity contribution in [3.05, 3.63) is 29.8 Å². The molecule has 23 heavy (non-hydrogen) atoms. The van der Waals surface area contributed by atoms with Gasteiger partial charge in [0.1, 0.15) is 0 Å². The molecule has 0 aromatic heterocycles. The van der Waals surface area contributed by atoms with E-state index in [0.717, 1.165) is 6.07 Å². The van der Waals surface area contributed by atoms with Crippen molar-refractivity contribution in [3.63, 3.8) is 0 Å². The number of halogens is 3. The molecule has 1 atom stereocenters. The fraction of sp³-hybridized carbons (Fsp3) is 0.562. The molecule has 0 N–H and O–H groups in total. The molecule has 1 amide bonds. The van der Waals surface area contributed by atoms with E-state index in [2.05, 4.69) is 4.90 Å². The van der Waals surface area contributed by atoms with E-state index in [1.54, 1.807) is 25.1 Å². The normalized spacial score (nSPS) is 17.9. The van der Waals surface area contributed by atoms with Crippen LogP contribution in [0.5, 0.6) is 0 Å². The summed E-state index contributed by atoms with van der Waals surface area (Å²) in [5, 5.41) is 0. The van der Waals surface area contributed by atoms with E-state index < -0.39 is 11.7 Å². The average molecular weight is 329 g/mol. The van der Waals surface area contributed by atoms with Crippen LogP contribution in [0.3, 0.4) is 0 Å². The molecule has 0 saturated carbocycles. The highest BCUT2D eigenvalue weighted by atomic mass is 19.4. The van der Waals surface area contributed by atoms with Crippen LogP contribution < -0.4 is 4.90 Å². The van der Waals surface area contributed by atoms with Gasteiger partial charge in [-0.2, -0.15) is 13.2 Å². The molecule has 1 aliphatic rings. The SMILES string of the molecule is CC(C(=O)N(C)C)N1CCN(c2cccc(C(F)(F)F)c2)CC1. The van der Waals surface area contributed by atoms with Crippen LogP contribution >= 0.6 is 0 Å². The van der Waals surface area contributed by atoms with Gasteiger partial charge in [0.05, 0.1) is 11.6 Å². The lowest BCUT2D eigenvalue weighted by Crippen LogP contribution is -2.53. The summed E-state index contributed by atoms with van der Waals surface area (Å²) in [6.07, 6.45) is -4.33. The number of nitrogens with zero attached hydrogens (tertiary/aromatic N) is 3. The van der Waals surface area contributed by atoms with Gasteiger partial charge in [-0.3, -0.25) is 9.69 Å². The van der Waals surface area contributed by atoms with Gasteiger partial charge in [-0.05, 0) is 25.1 Å². The van der Waals surface area contributed by atoms with E-state index in [1.165, 1.54) is 12.1 Å². The maximum absolute atomic E-state index is 12.8. The molecular formula is C16H22F3N3O. The first-order chi connectivity index (χ1) is 10.7. The van der Waals surface area contributed by atoms with Gasteiger partial charge in [-0.25, -0.2) is 0 Å². The summed E-state index contributed by atoms with van der Waals surface area (Å²) in [6, 6.07) is 5.18. The number of piperazine rings is 1. The monoisotopic (exact) mass is 329 g/mol. The van der Waals surface area contributed by atoms with Crippen molar-refractivity contribution in [2.75, 3.05) is 45.2 Å². The number of anilines is 1. The Kier molecular flexibility index (Phi) is 5.19. The first-order valence-electron chi connectivity index (χ1n) is 7.57. The number of rotatable bonds is 3. The Labute approximate surface area is 134 Å².